The molecule has 0 spiro atoms. The molecular weight excluding hydrogens is 257 g/mol. The van der Waals surface area contributed by atoms with E-state index in [9.17, 15) is 4.79 Å². The van der Waals surface area contributed by atoms with Crippen molar-refractivity contribution in [3.8, 4) is 0 Å². The topological polar surface area (TPSA) is 29.1 Å². The second-order valence-corrected chi connectivity index (χ2v) is 5.01. The lowest BCUT2D eigenvalue weighted by atomic mass is 10.0. The van der Waals surface area contributed by atoms with Gasteiger partial charge in [0.25, 0.3) is 0 Å². The van der Waals surface area contributed by atoms with Crippen molar-refractivity contribution < 1.29 is 4.79 Å². The predicted octanol–water partition coefficient (Wildman–Crippen LogP) is 3.95. The largest absolute Gasteiger partial charge is 0.305 e. The Labute approximate surface area is 112 Å². The van der Waals surface area contributed by atoms with E-state index in [2.05, 4.69) is 19.2 Å². The quantitative estimate of drug-likeness (QED) is 0.823. The summed E-state index contributed by atoms with van der Waals surface area (Å²) in [5, 5.41) is 4.11. The molecule has 4 heteroatoms. The lowest BCUT2D eigenvalue weighted by Crippen LogP contribution is -2.39. The monoisotopic (exact) mass is 273 g/mol. The molecule has 0 saturated heterocycles. The number of carbonyl (C=O) groups is 1. The number of rotatable bonds is 5. The van der Waals surface area contributed by atoms with E-state index in [1.54, 1.807) is 18.2 Å². The van der Waals surface area contributed by atoms with E-state index < -0.39 is 0 Å². The third-order valence-corrected chi connectivity index (χ3v) is 3.48. The fourth-order valence-electron chi connectivity index (χ4n) is 1.52. The average molecular weight is 274 g/mol. The van der Waals surface area contributed by atoms with E-state index in [0.29, 0.717) is 21.7 Å². The number of carbonyl (C=O) groups excluding carboxylic acids is 1. The molecule has 1 N–H and O–H groups in total. The zero-order valence-electron chi connectivity index (χ0n) is 10.3. The number of benzene rings is 1. The number of Topliss-reactive ketones (excluding diaryl/α,β-unsaturated/α-hetero) is 1. The summed E-state index contributed by atoms with van der Waals surface area (Å²) in [5.74, 6) is 0.0314. The highest BCUT2D eigenvalue weighted by Gasteiger charge is 2.17. The van der Waals surface area contributed by atoms with Gasteiger partial charge >= 0.3 is 0 Å². The Hall–Kier alpha value is -0.570. The van der Waals surface area contributed by atoms with Crippen LogP contribution in [0.2, 0.25) is 10.0 Å². The van der Waals surface area contributed by atoms with Gasteiger partial charge in [-0.15, -0.1) is 0 Å². The SMILES string of the molecule is CCC(C)NC(C)C(=O)c1ccc(Cl)c(Cl)c1. The molecule has 17 heavy (non-hydrogen) atoms. The highest BCUT2D eigenvalue weighted by atomic mass is 35.5. The summed E-state index contributed by atoms with van der Waals surface area (Å²) in [6.07, 6.45) is 0.985. The number of nitrogens with one attached hydrogen (secondary N) is 1. The van der Waals surface area contributed by atoms with Crippen LogP contribution in [-0.4, -0.2) is 17.9 Å². The highest BCUT2D eigenvalue weighted by molar-refractivity contribution is 6.42. The summed E-state index contributed by atoms with van der Waals surface area (Å²) in [6, 6.07) is 5.05. The fourth-order valence-corrected chi connectivity index (χ4v) is 1.82. The molecule has 1 aromatic rings. The Balaban J connectivity index is 2.78. The Kier molecular flexibility index (Phi) is 5.44. The van der Waals surface area contributed by atoms with Gasteiger partial charge in [0, 0.05) is 11.6 Å². The lowest BCUT2D eigenvalue weighted by Gasteiger charge is -2.17. The molecule has 2 nitrogen and oxygen atoms in total. The summed E-state index contributed by atoms with van der Waals surface area (Å²) >= 11 is 11.7. The first-order valence-corrected chi connectivity index (χ1v) is 6.46. The van der Waals surface area contributed by atoms with Crippen LogP contribution in [0.1, 0.15) is 37.6 Å². The van der Waals surface area contributed by atoms with Crippen LogP contribution in [0, 0.1) is 0 Å². The minimum absolute atomic E-state index is 0.0314. The molecule has 2 atom stereocenters. The second kappa shape index (κ2) is 6.39. The Bertz CT molecular complexity index is 406. The van der Waals surface area contributed by atoms with Crippen LogP contribution in [0.5, 0.6) is 0 Å². The van der Waals surface area contributed by atoms with Gasteiger partial charge in [-0.05, 0) is 38.5 Å². The Morgan fingerprint density at radius 1 is 1.29 bits per heavy atom. The maximum absolute atomic E-state index is 12.1. The molecule has 0 aromatic heterocycles. The molecule has 2 unspecified atom stereocenters. The van der Waals surface area contributed by atoms with Crippen molar-refractivity contribution in [3.63, 3.8) is 0 Å². The van der Waals surface area contributed by atoms with Gasteiger partial charge in [-0.3, -0.25) is 4.79 Å². The number of halogens is 2. The second-order valence-electron chi connectivity index (χ2n) is 4.19. The molecule has 0 amide bonds. The zero-order valence-corrected chi connectivity index (χ0v) is 11.8. The van der Waals surface area contributed by atoms with Crippen LogP contribution >= 0.6 is 23.2 Å². The smallest absolute Gasteiger partial charge is 0.179 e. The number of ketones is 1. The van der Waals surface area contributed by atoms with Gasteiger partial charge in [-0.2, -0.15) is 0 Å². The summed E-state index contributed by atoms with van der Waals surface area (Å²) in [4.78, 5) is 12.1. The van der Waals surface area contributed by atoms with E-state index >= 15 is 0 Å². The molecular formula is C13H17Cl2NO. The third kappa shape index (κ3) is 3.98. The van der Waals surface area contributed by atoms with Gasteiger partial charge in [-0.25, -0.2) is 0 Å². The standard InChI is InChI=1S/C13H17Cl2NO/c1-4-8(2)16-9(3)13(17)10-5-6-11(14)12(15)7-10/h5-9,16H,4H2,1-3H3. The van der Waals surface area contributed by atoms with Gasteiger partial charge in [-0.1, -0.05) is 30.1 Å². The predicted molar refractivity (Wildman–Crippen MR) is 73.1 cm³/mol. The fraction of sp³-hybridized carbons (Fsp3) is 0.462. The molecule has 0 fully saturated rings. The van der Waals surface area contributed by atoms with E-state index in [1.807, 2.05) is 6.92 Å². The van der Waals surface area contributed by atoms with Gasteiger partial charge in [0.2, 0.25) is 0 Å². The molecule has 0 aliphatic carbocycles. The minimum atomic E-state index is -0.220. The molecule has 0 saturated carbocycles. The average Bonchev–Trinajstić information content (AvgIpc) is 2.31. The molecule has 94 valence electrons. The highest BCUT2D eigenvalue weighted by Crippen LogP contribution is 2.23. The van der Waals surface area contributed by atoms with Gasteiger partial charge in [0.15, 0.2) is 5.78 Å². The molecule has 0 heterocycles. The molecule has 0 radical (unpaired) electrons. The van der Waals surface area contributed by atoms with Crippen molar-refractivity contribution in [1.82, 2.24) is 5.32 Å². The van der Waals surface area contributed by atoms with Crippen molar-refractivity contribution in [1.29, 1.82) is 0 Å². The first-order valence-electron chi connectivity index (χ1n) is 5.71. The van der Waals surface area contributed by atoms with Crippen molar-refractivity contribution in [2.24, 2.45) is 0 Å². The first-order chi connectivity index (χ1) is 7.95. The van der Waals surface area contributed by atoms with E-state index in [1.165, 1.54) is 0 Å². The summed E-state index contributed by atoms with van der Waals surface area (Å²) < 4.78 is 0. The van der Waals surface area contributed by atoms with Crippen LogP contribution in [-0.2, 0) is 0 Å². The normalized spacial score (nSPS) is 14.4. The van der Waals surface area contributed by atoms with Crippen molar-refractivity contribution in [3.05, 3.63) is 33.8 Å². The molecule has 0 bridgehead atoms. The van der Waals surface area contributed by atoms with Gasteiger partial charge < -0.3 is 5.32 Å². The lowest BCUT2D eigenvalue weighted by molar-refractivity contribution is 0.0945. The van der Waals surface area contributed by atoms with Gasteiger partial charge in [0.1, 0.15) is 0 Å². The number of hydrogen-bond acceptors (Lipinski definition) is 2. The maximum atomic E-state index is 12.1. The van der Waals surface area contributed by atoms with E-state index in [0.717, 1.165) is 6.42 Å². The summed E-state index contributed by atoms with van der Waals surface area (Å²) in [7, 11) is 0. The van der Waals surface area contributed by atoms with Gasteiger partial charge in [0.05, 0.1) is 16.1 Å². The third-order valence-electron chi connectivity index (χ3n) is 2.74. The zero-order chi connectivity index (χ0) is 13.0. The minimum Gasteiger partial charge on any atom is -0.305 e. The number of hydrogen-bond donors (Lipinski definition) is 1. The summed E-state index contributed by atoms with van der Waals surface area (Å²) in [6.45, 7) is 5.99. The summed E-state index contributed by atoms with van der Waals surface area (Å²) in [5.41, 5.74) is 0.586. The van der Waals surface area contributed by atoms with Crippen molar-refractivity contribution >= 4 is 29.0 Å². The molecule has 0 aliphatic rings. The van der Waals surface area contributed by atoms with Crippen LogP contribution in [0.4, 0.5) is 0 Å². The van der Waals surface area contributed by atoms with Crippen molar-refractivity contribution in [2.45, 2.75) is 39.3 Å². The first kappa shape index (κ1) is 14.5. The molecule has 1 aromatic carbocycles. The van der Waals surface area contributed by atoms with E-state index in [-0.39, 0.29) is 11.8 Å². The van der Waals surface area contributed by atoms with Crippen LogP contribution in [0.25, 0.3) is 0 Å². The molecule has 0 aliphatic heterocycles. The van der Waals surface area contributed by atoms with Crippen LogP contribution < -0.4 is 5.32 Å². The molecule has 1 rings (SSSR count). The van der Waals surface area contributed by atoms with E-state index in [4.69, 9.17) is 23.2 Å². The van der Waals surface area contributed by atoms with Crippen LogP contribution in [0.15, 0.2) is 18.2 Å². The van der Waals surface area contributed by atoms with Crippen molar-refractivity contribution in [2.75, 3.05) is 0 Å². The van der Waals surface area contributed by atoms with Crippen LogP contribution in [0.3, 0.4) is 0 Å². The Morgan fingerprint density at radius 3 is 2.47 bits per heavy atom. The Morgan fingerprint density at radius 2 is 1.94 bits per heavy atom. The maximum Gasteiger partial charge on any atom is 0.179 e.